The lowest BCUT2D eigenvalue weighted by molar-refractivity contribution is 0.0913. The zero-order valence-electron chi connectivity index (χ0n) is 18.1. The lowest BCUT2D eigenvalue weighted by Gasteiger charge is -2.29. The molecular weight excluding hydrogens is 362 g/mol. The summed E-state index contributed by atoms with van der Waals surface area (Å²) in [6.45, 7) is 8.99. The van der Waals surface area contributed by atoms with E-state index in [9.17, 15) is 4.79 Å². The van der Waals surface area contributed by atoms with Crippen molar-refractivity contribution in [2.45, 2.75) is 58.0 Å². The molecule has 0 N–H and O–H groups in total. The number of likely N-dealkylation sites (tertiary alicyclic amines) is 2. The fraction of sp³-hybridized carbons (Fsp3) is 0.708. The highest BCUT2D eigenvalue weighted by molar-refractivity contribution is 5.67. The first-order valence-corrected chi connectivity index (χ1v) is 11.7. The van der Waals surface area contributed by atoms with E-state index in [4.69, 9.17) is 4.74 Å². The van der Waals surface area contributed by atoms with E-state index in [-0.39, 0.29) is 6.09 Å². The van der Waals surface area contributed by atoms with E-state index in [2.05, 4.69) is 9.80 Å². The molecular formula is C24H39N3O2. The molecule has 162 valence electrons. The fourth-order valence-corrected chi connectivity index (χ4v) is 4.44. The molecule has 0 aliphatic carbocycles. The van der Waals surface area contributed by atoms with Crippen LogP contribution in [0.2, 0.25) is 0 Å². The first kappa shape index (κ1) is 22.1. The third kappa shape index (κ3) is 8.35. The molecule has 1 amide bonds. The van der Waals surface area contributed by atoms with Crippen LogP contribution in [0.25, 0.3) is 0 Å². The minimum Gasteiger partial charge on any atom is -0.445 e. The second kappa shape index (κ2) is 12.9. The van der Waals surface area contributed by atoms with Gasteiger partial charge in [-0.1, -0.05) is 43.2 Å². The Balaban J connectivity index is 1.43. The minimum atomic E-state index is -0.161. The van der Waals surface area contributed by atoms with E-state index in [1.165, 1.54) is 64.7 Å². The summed E-state index contributed by atoms with van der Waals surface area (Å²) in [5.41, 5.74) is 1.04. The number of carbonyl (C=O) groups excluding carboxylic acids is 1. The van der Waals surface area contributed by atoms with E-state index < -0.39 is 0 Å². The van der Waals surface area contributed by atoms with Gasteiger partial charge < -0.3 is 19.4 Å². The Morgan fingerprint density at radius 1 is 0.793 bits per heavy atom. The first-order valence-electron chi connectivity index (χ1n) is 11.7. The summed E-state index contributed by atoms with van der Waals surface area (Å²) >= 11 is 0. The van der Waals surface area contributed by atoms with Gasteiger partial charge in [0.15, 0.2) is 0 Å². The van der Waals surface area contributed by atoms with Gasteiger partial charge in [-0.3, -0.25) is 0 Å². The topological polar surface area (TPSA) is 36.0 Å². The van der Waals surface area contributed by atoms with E-state index in [0.717, 1.165) is 44.6 Å². The average molecular weight is 402 g/mol. The number of rotatable bonds is 10. The predicted octanol–water partition coefficient (Wildman–Crippen LogP) is 4.38. The molecule has 29 heavy (non-hydrogen) atoms. The van der Waals surface area contributed by atoms with Crippen molar-refractivity contribution in [2.24, 2.45) is 0 Å². The van der Waals surface area contributed by atoms with Crippen molar-refractivity contribution in [2.75, 3.05) is 52.4 Å². The number of nitrogens with zero attached hydrogens (tertiary/aromatic N) is 3. The monoisotopic (exact) mass is 401 g/mol. The molecule has 0 radical (unpaired) electrons. The number of hydrogen-bond acceptors (Lipinski definition) is 4. The van der Waals surface area contributed by atoms with Gasteiger partial charge in [0.25, 0.3) is 0 Å². The van der Waals surface area contributed by atoms with Crippen LogP contribution in [0.3, 0.4) is 0 Å². The smallest absolute Gasteiger partial charge is 0.410 e. The van der Waals surface area contributed by atoms with E-state index >= 15 is 0 Å². The van der Waals surface area contributed by atoms with Crippen LogP contribution in [0.4, 0.5) is 4.79 Å². The molecule has 1 aromatic rings. The fourth-order valence-electron chi connectivity index (χ4n) is 4.44. The third-order valence-corrected chi connectivity index (χ3v) is 6.17. The first-order chi connectivity index (χ1) is 14.3. The largest absolute Gasteiger partial charge is 0.445 e. The Morgan fingerprint density at radius 2 is 1.31 bits per heavy atom. The van der Waals surface area contributed by atoms with Crippen LogP contribution in [0.5, 0.6) is 0 Å². The van der Waals surface area contributed by atoms with Gasteiger partial charge in [0.2, 0.25) is 0 Å². The highest BCUT2D eigenvalue weighted by Crippen LogP contribution is 2.12. The molecule has 0 atom stereocenters. The SMILES string of the molecule is O=C(OCc1ccccc1)N(CCCN1CCCCC1)CCCN1CCCCC1. The van der Waals surface area contributed by atoms with Crippen LogP contribution in [0.1, 0.15) is 56.9 Å². The summed E-state index contributed by atoms with van der Waals surface area (Å²) in [7, 11) is 0. The number of hydrogen-bond donors (Lipinski definition) is 0. The molecule has 3 rings (SSSR count). The van der Waals surface area contributed by atoms with E-state index in [1.807, 2.05) is 35.2 Å². The summed E-state index contributed by atoms with van der Waals surface area (Å²) in [5.74, 6) is 0. The van der Waals surface area contributed by atoms with Crippen molar-refractivity contribution >= 4 is 6.09 Å². The zero-order chi connectivity index (χ0) is 20.2. The second-order valence-corrected chi connectivity index (χ2v) is 8.54. The number of amides is 1. The van der Waals surface area contributed by atoms with Crippen molar-refractivity contribution in [1.29, 1.82) is 0 Å². The van der Waals surface area contributed by atoms with Crippen molar-refractivity contribution in [3.05, 3.63) is 35.9 Å². The van der Waals surface area contributed by atoms with Crippen LogP contribution in [-0.4, -0.2) is 73.2 Å². The Hall–Kier alpha value is -1.59. The van der Waals surface area contributed by atoms with Gasteiger partial charge in [0, 0.05) is 13.1 Å². The summed E-state index contributed by atoms with van der Waals surface area (Å²) in [6.07, 6.45) is 9.91. The molecule has 0 saturated carbocycles. The van der Waals surface area contributed by atoms with Crippen molar-refractivity contribution < 1.29 is 9.53 Å². The Bertz CT molecular complexity index is 545. The van der Waals surface area contributed by atoms with Gasteiger partial charge in [-0.05, 0) is 83.4 Å². The quantitative estimate of drug-likeness (QED) is 0.583. The highest BCUT2D eigenvalue weighted by Gasteiger charge is 2.17. The number of ether oxygens (including phenoxy) is 1. The maximum absolute atomic E-state index is 12.8. The highest BCUT2D eigenvalue weighted by atomic mass is 16.6. The van der Waals surface area contributed by atoms with Crippen LogP contribution >= 0.6 is 0 Å². The van der Waals surface area contributed by atoms with Gasteiger partial charge in [0.05, 0.1) is 0 Å². The van der Waals surface area contributed by atoms with Gasteiger partial charge >= 0.3 is 6.09 Å². The van der Waals surface area contributed by atoms with Crippen molar-refractivity contribution in [1.82, 2.24) is 14.7 Å². The van der Waals surface area contributed by atoms with E-state index in [1.54, 1.807) is 0 Å². The molecule has 1 aromatic carbocycles. The Kier molecular flexibility index (Phi) is 9.80. The van der Waals surface area contributed by atoms with Crippen molar-refractivity contribution in [3.8, 4) is 0 Å². The standard InChI is InChI=1S/C24H39N3O2/c28-24(29-22-23-12-4-1-5-13-23)27(20-10-18-25-14-6-2-7-15-25)21-11-19-26-16-8-3-9-17-26/h1,4-5,12-13H,2-3,6-11,14-22H2. The molecule has 0 bridgehead atoms. The molecule has 0 aromatic heterocycles. The van der Waals surface area contributed by atoms with Crippen LogP contribution in [-0.2, 0) is 11.3 Å². The molecule has 2 aliphatic rings. The van der Waals surface area contributed by atoms with Gasteiger partial charge in [-0.15, -0.1) is 0 Å². The maximum Gasteiger partial charge on any atom is 0.410 e. The molecule has 2 aliphatic heterocycles. The number of carbonyl (C=O) groups is 1. The Labute approximate surface area is 177 Å². The molecule has 5 heteroatoms. The Morgan fingerprint density at radius 3 is 1.83 bits per heavy atom. The molecule has 0 spiro atoms. The van der Waals surface area contributed by atoms with Crippen LogP contribution in [0.15, 0.2) is 30.3 Å². The lowest BCUT2D eigenvalue weighted by atomic mass is 10.1. The average Bonchev–Trinajstić information content (AvgIpc) is 2.78. The second-order valence-electron chi connectivity index (χ2n) is 8.54. The molecule has 0 unspecified atom stereocenters. The van der Waals surface area contributed by atoms with Crippen LogP contribution in [0, 0.1) is 0 Å². The normalized spacial score (nSPS) is 18.5. The van der Waals surface area contributed by atoms with Gasteiger partial charge in [-0.25, -0.2) is 4.79 Å². The summed E-state index contributed by atoms with van der Waals surface area (Å²) in [4.78, 5) is 19.8. The molecule has 5 nitrogen and oxygen atoms in total. The maximum atomic E-state index is 12.8. The lowest BCUT2D eigenvalue weighted by Crippen LogP contribution is -2.38. The van der Waals surface area contributed by atoms with Gasteiger partial charge in [-0.2, -0.15) is 0 Å². The predicted molar refractivity (Wildman–Crippen MR) is 118 cm³/mol. The third-order valence-electron chi connectivity index (χ3n) is 6.17. The number of benzene rings is 1. The molecule has 2 heterocycles. The molecule has 2 fully saturated rings. The molecule has 2 saturated heterocycles. The summed E-state index contributed by atoms with van der Waals surface area (Å²) in [6, 6.07) is 9.96. The van der Waals surface area contributed by atoms with Crippen molar-refractivity contribution in [3.63, 3.8) is 0 Å². The van der Waals surface area contributed by atoms with Gasteiger partial charge in [0.1, 0.15) is 6.61 Å². The number of piperidine rings is 2. The summed E-state index contributed by atoms with van der Waals surface area (Å²) in [5, 5.41) is 0. The summed E-state index contributed by atoms with van der Waals surface area (Å²) < 4.78 is 5.64. The zero-order valence-corrected chi connectivity index (χ0v) is 18.1. The van der Waals surface area contributed by atoms with E-state index in [0.29, 0.717) is 6.61 Å². The minimum absolute atomic E-state index is 0.161. The van der Waals surface area contributed by atoms with Crippen LogP contribution < -0.4 is 0 Å².